The third-order valence-electron chi connectivity index (χ3n) is 6.16. The Labute approximate surface area is 242 Å². The van der Waals surface area contributed by atoms with E-state index < -0.39 is 28.4 Å². The SMILES string of the molecule is CNCc1cccc2c1OCCOCCOCCN(CC(=O)O)S(=O)(=O)c1ccc(cc1)-c1cnc(N)c(n1)C(=O)N2. The summed E-state index contributed by atoms with van der Waals surface area (Å²) in [7, 11) is -2.37. The van der Waals surface area contributed by atoms with Gasteiger partial charge in [0, 0.05) is 24.2 Å². The Balaban J connectivity index is 1.70. The summed E-state index contributed by atoms with van der Waals surface area (Å²) >= 11 is 0. The van der Waals surface area contributed by atoms with Crippen molar-refractivity contribution >= 4 is 33.4 Å². The predicted molar refractivity (Wildman–Crippen MR) is 153 cm³/mol. The zero-order valence-electron chi connectivity index (χ0n) is 22.9. The van der Waals surface area contributed by atoms with Crippen LogP contribution in [-0.4, -0.2) is 92.8 Å². The normalized spacial score (nSPS) is 16.7. The summed E-state index contributed by atoms with van der Waals surface area (Å²) in [6, 6.07) is 11.0. The van der Waals surface area contributed by atoms with Crippen LogP contribution in [0.3, 0.4) is 0 Å². The molecule has 1 amide bonds. The minimum Gasteiger partial charge on any atom is -0.489 e. The summed E-state index contributed by atoms with van der Waals surface area (Å²) < 4.78 is 44.3. The lowest BCUT2D eigenvalue weighted by molar-refractivity contribution is -0.137. The number of amides is 1. The summed E-state index contributed by atoms with van der Waals surface area (Å²) in [4.78, 5) is 33.1. The zero-order chi connectivity index (χ0) is 30.1. The smallest absolute Gasteiger partial charge is 0.318 e. The molecule has 42 heavy (non-hydrogen) atoms. The van der Waals surface area contributed by atoms with E-state index in [-0.39, 0.29) is 61.7 Å². The van der Waals surface area contributed by atoms with E-state index in [1.54, 1.807) is 19.2 Å². The molecule has 0 radical (unpaired) electrons. The minimum absolute atomic E-state index is 0.0330. The average Bonchev–Trinajstić information content (AvgIpc) is 2.96. The zero-order valence-corrected chi connectivity index (χ0v) is 23.7. The van der Waals surface area contributed by atoms with E-state index in [4.69, 9.17) is 19.9 Å². The van der Waals surface area contributed by atoms with Crippen molar-refractivity contribution in [2.75, 3.05) is 64.2 Å². The van der Waals surface area contributed by atoms with Crippen LogP contribution in [0.5, 0.6) is 5.75 Å². The van der Waals surface area contributed by atoms with E-state index in [0.717, 1.165) is 9.87 Å². The number of nitrogens with one attached hydrogen (secondary N) is 2. The van der Waals surface area contributed by atoms with Crippen LogP contribution in [0, 0.1) is 0 Å². The molecule has 14 nitrogen and oxygen atoms in total. The fourth-order valence-electron chi connectivity index (χ4n) is 4.14. The van der Waals surface area contributed by atoms with Gasteiger partial charge in [-0.3, -0.25) is 9.59 Å². The molecule has 0 unspecified atom stereocenters. The monoisotopic (exact) mass is 600 g/mol. The first-order valence-electron chi connectivity index (χ1n) is 13.0. The first kappa shape index (κ1) is 30.8. The van der Waals surface area contributed by atoms with Crippen molar-refractivity contribution in [3.8, 4) is 17.0 Å². The van der Waals surface area contributed by atoms with Gasteiger partial charge < -0.3 is 35.7 Å². The van der Waals surface area contributed by atoms with Gasteiger partial charge in [-0.2, -0.15) is 4.31 Å². The number of hydrogen-bond acceptors (Lipinski definition) is 11. The Bertz CT molecular complexity index is 1520. The maximum Gasteiger partial charge on any atom is 0.318 e. The first-order chi connectivity index (χ1) is 20.2. The highest BCUT2D eigenvalue weighted by molar-refractivity contribution is 7.89. The number of carbonyl (C=O) groups is 2. The van der Waals surface area contributed by atoms with Crippen molar-refractivity contribution in [2.24, 2.45) is 0 Å². The van der Waals surface area contributed by atoms with Crippen molar-refractivity contribution in [3.05, 3.63) is 59.9 Å². The second-order valence-electron chi connectivity index (χ2n) is 9.10. The van der Waals surface area contributed by atoms with Crippen molar-refractivity contribution in [3.63, 3.8) is 0 Å². The molecular weight excluding hydrogens is 568 g/mol. The van der Waals surface area contributed by atoms with Crippen LogP contribution in [-0.2, 0) is 30.8 Å². The molecule has 5 N–H and O–H groups in total. The van der Waals surface area contributed by atoms with Crippen LogP contribution >= 0.6 is 0 Å². The van der Waals surface area contributed by atoms with Crippen molar-refractivity contribution in [1.29, 1.82) is 0 Å². The molecule has 0 fully saturated rings. The molecular formula is C27H32N6O8S. The molecule has 0 atom stereocenters. The van der Waals surface area contributed by atoms with Gasteiger partial charge in [-0.25, -0.2) is 18.4 Å². The number of nitrogens with zero attached hydrogens (tertiary/aromatic N) is 3. The molecule has 5 rings (SSSR count). The molecule has 4 bridgehead atoms. The van der Waals surface area contributed by atoms with Gasteiger partial charge in [0.15, 0.2) is 11.5 Å². The molecule has 2 aliphatic rings. The molecule has 0 saturated heterocycles. The van der Waals surface area contributed by atoms with Gasteiger partial charge in [0.05, 0.1) is 48.9 Å². The van der Waals surface area contributed by atoms with E-state index in [2.05, 4.69) is 20.6 Å². The van der Waals surface area contributed by atoms with Gasteiger partial charge in [-0.15, -0.1) is 0 Å². The number of para-hydroxylation sites is 1. The van der Waals surface area contributed by atoms with Gasteiger partial charge in [0.2, 0.25) is 10.0 Å². The maximum absolute atomic E-state index is 13.3. The van der Waals surface area contributed by atoms with Crippen molar-refractivity contribution in [1.82, 2.24) is 19.6 Å². The standard InChI is InChI=1S/C27H32N6O8S/c1-29-15-19-3-2-4-21-25(19)41-14-13-40-12-11-39-10-9-33(17-23(34)35)42(37,38)20-7-5-18(6-8-20)22-16-30-26(28)24(31-22)27(36)32-21/h2-8,16,29H,9-15,17H2,1H3,(H2,28,30)(H,32,36)(H,34,35). The largest absolute Gasteiger partial charge is 0.489 e. The second kappa shape index (κ2) is 14.2. The number of carboxylic acid groups (broad SMARTS) is 1. The van der Waals surface area contributed by atoms with Crippen molar-refractivity contribution in [2.45, 2.75) is 11.4 Å². The number of benzene rings is 2. The van der Waals surface area contributed by atoms with Crippen LogP contribution in [0.15, 0.2) is 53.6 Å². The number of nitrogen functional groups attached to an aromatic ring is 1. The maximum atomic E-state index is 13.3. The number of nitrogens with two attached hydrogens (primary N) is 1. The van der Waals surface area contributed by atoms with Crippen LogP contribution in [0.4, 0.5) is 11.5 Å². The predicted octanol–water partition coefficient (Wildman–Crippen LogP) is 1.20. The Kier molecular flexibility index (Phi) is 10.4. The van der Waals surface area contributed by atoms with Crippen molar-refractivity contribution < 1.29 is 37.3 Å². The number of aliphatic carboxylic acids is 1. The Morgan fingerprint density at radius 1 is 1.10 bits per heavy atom. The molecule has 0 aliphatic carbocycles. The van der Waals surface area contributed by atoms with Gasteiger partial charge in [-0.1, -0.05) is 24.3 Å². The topological polar surface area (TPSA) is 195 Å². The second-order valence-corrected chi connectivity index (χ2v) is 11.0. The van der Waals surface area contributed by atoms with Crippen LogP contribution in [0.1, 0.15) is 16.1 Å². The van der Waals surface area contributed by atoms with Gasteiger partial charge >= 0.3 is 5.97 Å². The molecule has 2 aromatic carbocycles. The van der Waals surface area contributed by atoms with Crippen LogP contribution < -0.4 is 21.1 Å². The lowest BCUT2D eigenvalue weighted by Crippen LogP contribution is -2.38. The fraction of sp³-hybridized carbons (Fsp3) is 0.333. The molecule has 3 heterocycles. The number of ether oxygens (including phenoxy) is 3. The van der Waals surface area contributed by atoms with E-state index in [9.17, 15) is 23.1 Å². The van der Waals surface area contributed by atoms with E-state index in [0.29, 0.717) is 23.5 Å². The number of hydrogen-bond donors (Lipinski definition) is 4. The van der Waals surface area contributed by atoms with E-state index >= 15 is 0 Å². The third kappa shape index (κ3) is 7.57. The number of sulfonamides is 1. The number of rotatable bonds is 4. The van der Waals surface area contributed by atoms with Crippen LogP contribution in [0.25, 0.3) is 11.3 Å². The number of anilines is 2. The highest BCUT2D eigenvalue weighted by atomic mass is 32.2. The fourth-order valence-corrected chi connectivity index (χ4v) is 5.52. The average molecular weight is 601 g/mol. The summed E-state index contributed by atoms with van der Waals surface area (Å²) in [6.45, 7) is 0.276. The highest BCUT2D eigenvalue weighted by Gasteiger charge is 2.27. The lowest BCUT2D eigenvalue weighted by atomic mass is 10.1. The Hall–Kier alpha value is -4.15. The number of fused-ring (bicyclic) bond motifs is 13. The summed E-state index contributed by atoms with van der Waals surface area (Å²) in [5, 5.41) is 15.2. The molecule has 0 saturated carbocycles. The third-order valence-corrected chi connectivity index (χ3v) is 8.02. The highest BCUT2D eigenvalue weighted by Crippen LogP contribution is 2.30. The quantitative estimate of drug-likeness (QED) is 0.313. The lowest BCUT2D eigenvalue weighted by Gasteiger charge is -2.20. The molecule has 15 heteroatoms. The summed E-state index contributed by atoms with van der Waals surface area (Å²) in [6.07, 6.45) is 1.37. The summed E-state index contributed by atoms with van der Waals surface area (Å²) in [5.74, 6) is -1.56. The Morgan fingerprint density at radius 3 is 2.52 bits per heavy atom. The van der Waals surface area contributed by atoms with Gasteiger partial charge in [0.25, 0.3) is 5.91 Å². The molecule has 0 spiro atoms. The molecule has 2 aliphatic heterocycles. The Morgan fingerprint density at radius 2 is 1.81 bits per heavy atom. The number of carboxylic acids is 1. The minimum atomic E-state index is -4.16. The van der Waals surface area contributed by atoms with E-state index in [1.165, 1.54) is 30.5 Å². The van der Waals surface area contributed by atoms with Crippen LogP contribution in [0.2, 0.25) is 0 Å². The van der Waals surface area contributed by atoms with Gasteiger partial charge in [-0.05, 0) is 25.2 Å². The summed E-state index contributed by atoms with van der Waals surface area (Å²) in [5.41, 5.74) is 7.82. The number of carbonyl (C=O) groups excluding carboxylic acids is 1. The number of aromatic nitrogens is 2. The molecule has 1 aromatic heterocycles. The van der Waals surface area contributed by atoms with Gasteiger partial charge in [0.1, 0.15) is 18.9 Å². The van der Waals surface area contributed by atoms with E-state index in [1.807, 2.05) is 6.07 Å². The molecule has 224 valence electrons. The molecule has 3 aromatic rings. The first-order valence-corrected chi connectivity index (χ1v) is 14.5.